The number of carbonyl (C=O) groups excluding carboxylic acids is 2. The Bertz CT molecular complexity index is 448. The zero-order valence-corrected chi connectivity index (χ0v) is 13.1. The van der Waals surface area contributed by atoms with Gasteiger partial charge in [-0.3, -0.25) is 9.59 Å². The van der Waals surface area contributed by atoms with E-state index in [2.05, 4.69) is 5.32 Å². The fraction of sp³-hybridized carbons (Fsp3) is 0.667. The molecule has 0 aromatic heterocycles. The fourth-order valence-electron chi connectivity index (χ4n) is 2.21. The molecular formula is C15H23N3O4. The monoisotopic (exact) mass is 309 g/mol. The van der Waals surface area contributed by atoms with Gasteiger partial charge >= 0.3 is 5.97 Å². The molecule has 1 aliphatic rings. The summed E-state index contributed by atoms with van der Waals surface area (Å²) in [6, 6.07) is 1.91. The van der Waals surface area contributed by atoms with E-state index in [9.17, 15) is 9.59 Å². The number of nitriles is 1. The molecule has 1 heterocycles. The number of likely N-dealkylation sites (tertiary alicyclic amines) is 1. The summed E-state index contributed by atoms with van der Waals surface area (Å²) in [4.78, 5) is 25.4. The van der Waals surface area contributed by atoms with Crippen molar-refractivity contribution in [3.05, 3.63) is 11.8 Å². The van der Waals surface area contributed by atoms with E-state index in [1.54, 1.807) is 20.2 Å². The van der Waals surface area contributed by atoms with Gasteiger partial charge < -0.3 is 19.7 Å². The molecule has 0 atom stereocenters. The Morgan fingerprint density at radius 3 is 2.64 bits per heavy atom. The van der Waals surface area contributed by atoms with Gasteiger partial charge in [0.15, 0.2) is 0 Å². The van der Waals surface area contributed by atoms with Crippen molar-refractivity contribution in [1.29, 1.82) is 5.26 Å². The van der Waals surface area contributed by atoms with Crippen LogP contribution in [0.25, 0.3) is 0 Å². The molecule has 0 saturated carbocycles. The Labute approximate surface area is 130 Å². The van der Waals surface area contributed by atoms with Gasteiger partial charge in [0.25, 0.3) is 5.91 Å². The summed E-state index contributed by atoms with van der Waals surface area (Å²) in [6.45, 7) is 4.19. The number of methoxy groups -OCH3 is 1. The van der Waals surface area contributed by atoms with E-state index in [1.807, 2.05) is 11.0 Å². The summed E-state index contributed by atoms with van der Waals surface area (Å²) in [5.74, 6) is -0.665. The van der Waals surface area contributed by atoms with E-state index < -0.39 is 5.91 Å². The number of amides is 1. The van der Waals surface area contributed by atoms with Gasteiger partial charge in [-0.2, -0.15) is 5.26 Å². The average molecular weight is 309 g/mol. The van der Waals surface area contributed by atoms with Gasteiger partial charge in [-0.25, -0.2) is 0 Å². The first-order valence-corrected chi connectivity index (χ1v) is 7.42. The second kappa shape index (κ2) is 9.79. The molecule has 0 aromatic rings. The maximum atomic E-state index is 11.8. The molecule has 0 radical (unpaired) electrons. The van der Waals surface area contributed by atoms with Crippen LogP contribution in [-0.4, -0.2) is 56.7 Å². The van der Waals surface area contributed by atoms with Crippen molar-refractivity contribution in [3.8, 4) is 6.07 Å². The number of nitrogens with one attached hydrogen (secondary N) is 1. The number of ether oxygens (including phenoxy) is 2. The molecule has 122 valence electrons. The number of nitrogens with zero attached hydrogens (tertiary/aromatic N) is 2. The Balaban J connectivity index is 2.49. The first-order valence-electron chi connectivity index (χ1n) is 7.42. The average Bonchev–Trinajstić information content (AvgIpc) is 2.53. The third-order valence-corrected chi connectivity index (χ3v) is 3.42. The van der Waals surface area contributed by atoms with Gasteiger partial charge in [0.1, 0.15) is 11.6 Å². The number of piperidine rings is 1. The van der Waals surface area contributed by atoms with Gasteiger partial charge in [0.2, 0.25) is 0 Å². The van der Waals surface area contributed by atoms with Crippen molar-refractivity contribution in [1.82, 2.24) is 10.2 Å². The molecule has 0 aliphatic carbocycles. The summed E-state index contributed by atoms with van der Waals surface area (Å²) in [6.07, 6.45) is 2.89. The van der Waals surface area contributed by atoms with Crippen molar-refractivity contribution < 1.29 is 19.1 Å². The maximum absolute atomic E-state index is 11.8. The Hall–Kier alpha value is -2.07. The van der Waals surface area contributed by atoms with Crippen LogP contribution in [-0.2, 0) is 19.1 Å². The van der Waals surface area contributed by atoms with Gasteiger partial charge in [0.05, 0.1) is 19.1 Å². The minimum atomic E-state index is -0.410. The summed E-state index contributed by atoms with van der Waals surface area (Å²) >= 11 is 0. The number of esters is 1. The van der Waals surface area contributed by atoms with Crippen LogP contribution in [0.1, 0.15) is 19.8 Å². The third-order valence-electron chi connectivity index (χ3n) is 3.42. The molecule has 0 unspecified atom stereocenters. The van der Waals surface area contributed by atoms with Crippen molar-refractivity contribution >= 4 is 11.9 Å². The fourth-order valence-corrected chi connectivity index (χ4v) is 2.21. The molecule has 7 nitrogen and oxygen atoms in total. The van der Waals surface area contributed by atoms with Crippen molar-refractivity contribution in [2.75, 3.05) is 40.0 Å². The predicted molar refractivity (Wildman–Crippen MR) is 79.5 cm³/mol. The van der Waals surface area contributed by atoms with Crippen LogP contribution in [0.4, 0.5) is 0 Å². The van der Waals surface area contributed by atoms with E-state index in [1.165, 1.54) is 0 Å². The second-order valence-corrected chi connectivity index (χ2v) is 4.97. The van der Waals surface area contributed by atoms with Crippen molar-refractivity contribution in [2.45, 2.75) is 19.8 Å². The van der Waals surface area contributed by atoms with Gasteiger partial charge in [-0.15, -0.1) is 0 Å². The molecule has 1 rings (SSSR count). The molecule has 22 heavy (non-hydrogen) atoms. The Kier molecular flexibility index (Phi) is 8.00. The van der Waals surface area contributed by atoms with Gasteiger partial charge in [0, 0.05) is 32.9 Å². The minimum absolute atomic E-state index is 0.0608. The zero-order chi connectivity index (χ0) is 16.4. The van der Waals surface area contributed by atoms with Crippen LogP contribution in [0.5, 0.6) is 0 Å². The molecule has 0 spiro atoms. The first kappa shape index (κ1) is 18.0. The largest absolute Gasteiger partial charge is 0.466 e. The van der Waals surface area contributed by atoms with Crippen molar-refractivity contribution in [3.63, 3.8) is 0 Å². The summed E-state index contributed by atoms with van der Waals surface area (Å²) < 4.78 is 9.85. The van der Waals surface area contributed by atoms with E-state index in [0.717, 1.165) is 0 Å². The Morgan fingerprint density at radius 1 is 1.41 bits per heavy atom. The molecule has 0 bridgehead atoms. The lowest BCUT2D eigenvalue weighted by Crippen LogP contribution is -2.35. The SMILES string of the molecule is CCOC(=O)C1CCN(/C=C(/C#N)C(=O)NCCOC)CC1. The second-order valence-electron chi connectivity index (χ2n) is 4.97. The standard InChI is InChI=1S/C15H23N3O4/c1-3-22-15(20)12-4-7-18(8-5-12)11-13(10-16)14(19)17-6-9-21-2/h11-12H,3-9H2,1-2H3,(H,17,19)/b13-11-. The predicted octanol–water partition coefficient (Wildman–Crippen LogP) is 0.432. The molecule has 1 saturated heterocycles. The highest BCUT2D eigenvalue weighted by Gasteiger charge is 2.25. The van der Waals surface area contributed by atoms with Crippen LogP contribution < -0.4 is 5.32 Å². The number of rotatable bonds is 7. The smallest absolute Gasteiger partial charge is 0.309 e. The highest BCUT2D eigenvalue weighted by Crippen LogP contribution is 2.19. The van der Waals surface area contributed by atoms with Gasteiger partial charge in [-0.05, 0) is 19.8 Å². The summed E-state index contributed by atoms with van der Waals surface area (Å²) in [7, 11) is 1.54. The Morgan fingerprint density at radius 2 is 2.09 bits per heavy atom. The maximum Gasteiger partial charge on any atom is 0.309 e. The molecule has 1 amide bonds. The van der Waals surface area contributed by atoms with Crippen LogP contribution in [0, 0.1) is 17.2 Å². The summed E-state index contributed by atoms with van der Waals surface area (Å²) in [5.41, 5.74) is 0.0608. The van der Waals surface area contributed by atoms with Crippen LogP contribution in [0.15, 0.2) is 11.8 Å². The third kappa shape index (κ3) is 5.74. The van der Waals surface area contributed by atoms with Crippen LogP contribution in [0.3, 0.4) is 0 Å². The topological polar surface area (TPSA) is 91.7 Å². The van der Waals surface area contributed by atoms with E-state index in [4.69, 9.17) is 14.7 Å². The zero-order valence-electron chi connectivity index (χ0n) is 13.1. The quantitative estimate of drug-likeness (QED) is 0.317. The van der Waals surface area contributed by atoms with Gasteiger partial charge in [-0.1, -0.05) is 0 Å². The van der Waals surface area contributed by atoms with Crippen molar-refractivity contribution in [2.24, 2.45) is 5.92 Å². The highest BCUT2D eigenvalue weighted by atomic mass is 16.5. The van der Waals surface area contributed by atoms with Crippen LogP contribution >= 0.6 is 0 Å². The molecule has 7 heteroatoms. The minimum Gasteiger partial charge on any atom is -0.466 e. The highest BCUT2D eigenvalue weighted by molar-refractivity contribution is 5.97. The molecule has 1 fully saturated rings. The lowest BCUT2D eigenvalue weighted by Gasteiger charge is -2.30. The molecule has 1 N–H and O–H groups in total. The molecular weight excluding hydrogens is 286 g/mol. The number of hydrogen-bond donors (Lipinski definition) is 1. The lowest BCUT2D eigenvalue weighted by molar-refractivity contribution is -0.149. The van der Waals surface area contributed by atoms with E-state index in [-0.39, 0.29) is 17.5 Å². The van der Waals surface area contributed by atoms with Crippen LogP contribution in [0.2, 0.25) is 0 Å². The lowest BCUT2D eigenvalue weighted by atomic mass is 9.97. The first-order chi connectivity index (χ1) is 10.6. The van der Waals surface area contributed by atoms with E-state index in [0.29, 0.717) is 45.7 Å². The number of hydrogen-bond acceptors (Lipinski definition) is 6. The molecule has 1 aliphatic heterocycles. The van der Waals surface area contributed by atoms with E-state index >= 15 is 0 Å². The summed E-state index contributed by atoms with van der Waals surface area (Å²) in [5, 5.41) is 11.7. The number of carbonyl (C=O) groups is 2. The normalized spacial score (nSPS) is 16.0. The molecule has 0 aromatic carbocycles.